The van der Waals surface area contributed by atoms with E-state index in [1.165, 1.54) is 0 Å². The molecule has 0 aliphatic carbocycles. The van der Waals surface area contributed by atoms with Crippen molar-refractivity contribution in [3.8, 4) is 0 Å². The Labute approximate surface area is 108 Å². The number of benzene rings is 1. The molecule has 0 atom stereocenters. The second-order valence-corrected chi connectivity index (χ2v) is 4.50. The molecule has 0 radical (unpaired) electrons. The van der Waals surface area contributed by atoms with Gasteiger partial charge < -0.3 is 9.64 Å². The molecule has 96 valence electrons. The Morgan fingerprint density at radius 2 is 1.94 bits per heavy atom. The molecule has 0 unspecified atom stereocenters. The lowest BCUT2D eigenvalue weighted by atomic mass is 10.1. The van der Waals surface area contributed by atoms with Crippen molar-refractivity contribution in [3.05, 3.63) is 42.0 Å². The molecule has 3 nitrogen and oxygen atoms in total. The molecular formula is C15H19NO2. The lowest BCUT2D eigenvalue weighted by Crippen LogP contribution is -2.39. The van der Waals surface area contributed by atoms with Crippen LogP contribution in [0.15, 0.2) is 36.4 Å². The molecule has 0 aromatic heterocycles. The van der Waals surface area contributed by atoms with Gasteiger partial charge in [0.2, 0.25) is 5.91 Å². The summed E-state index contributed by atoms with van der Waals surface area (Å²) in [4.78, 5) is 13.8. The number of rotatable bonds is 3. The summed E-state index contributed by atoms with van der Waals surface area (Å²) in [5.74, 6) is 0.0911. The van der Waals surface area contributed by atoms with E-state index in [0.29, 0.717) is 6.10 Å². The van der Waals surface area contributed by atoms with E-state index in [4.69, 9.17) is 4.74 Å². The SMILES string of the molecule is COC1CCN(C(=O)/C=C/c2ccccc2)CC1. The van der Waals surface area contributed by atoms with Gasteiger partial charge in [-0.2, -0.15) is 0 Å². The Balaban J connectivity index is 1.87. The minimum Gasteiger partial charge on any atom is -0.381 e. The van der Waals surface area contributed by atoms with Crippen molar-refractivity contribution in [2.75, 3.05) is 20.2 Å². The smallest absolute Gasteiger partial charge is 0.246 e. The van der Waals surface area contributed by atoms with Gasteiger partial charge in [0.25, 0.3) is 0 Å². The maximum absolute atomic E-state index is 12.0. The third-order valence-electron chi connectivity index (χ3n) is 3.30. The first-order valence-corrected chi connectivity index (χ1v) is 6.34. The van der Waals surface area contributed by atoms with Gasteiger partial charge in [0, 0.05) is 26.3 Å². The van der Waals surface area contributed by atoms with Gasteiger partial charge >= 0.3 is 0 Å². The molecular weight excluding hydrogens is 226 g/mol. The lowest BCUT2D eigenvalue weighted by Gasteiger charge is -2.30. The van der Waals surface area contributed by atoms with Crippen LogP contribution in [0.4, 0.5) is 0 Å². The molecule has 0 bridgehead atoms. The standard InChI is InChI=1S/C15H19NO2/c1-18-14-9-11-16(12-10-14)15(17)8-7-13-5-3-2-4-6-13/h2-8,14H,9-12H2,1H3/b8-7+. The number of hydrogen-bond donors (Lipinski definition) is 0. The van der Waals surface area contributed by atoms with Crippen molar-refractivity contribution in [3.63, 3.8) is 0 Å². The van der Waals surface area contributed by atoms with Crippen LogP contribution < -0.4 is 0 Å². The molecule has 1 saturated heterocycles. The molecule has 1 aliphatic rings. The van der Waals surface area contributed by atoms with Crippen LogP contribution in [-0.4, -0.2) is 37.1 Å². The molecule has 1 aromatic rings. The number of carbonyl (C=O) groups is 1. The number of carbonyl (C=O) groups excluding carboxylic acids is 1. The highest BCUT2D eigenvalue weighted by Crippen LogP contribution is 2.13. The van der Waals surface area contributed by atoms with E-state index in [-0.39, 0.29) is 5.91 Å². The van der Waals surface area contributed by atoms with E-state index in [9.17, 15) is 4.79 Å². The van der Waals surface area contributed by atoms with Crippen LogP contribution >= 0.6 is 0 Å². The first kappa shape index (κ1) is 12.8. The van der Waals surface area contributed by atoms with Gasteiger partial charge in [0.1, 0.15) is 0 Å². The van der Waals surface area contributed by atoms with Gasteiger partial charge in [0.05, 0.1) is 6.10 Å². The van der Waals surface area contributed by atoms with Crippen molar-refractivity contribution in [1.29, 1.82) is 0 Å². The maximum Gasteiger partial charge on any atom is 0.246 e. The summed E-state index contributed by atoms with van der Waals surface area (Å²) in [6.07, 6.45) is 5.70. The first-order chi connectivity index (χ1) is 8.79. The normalized spacial score (nSPS) is 17.3. The topological polar surface area (TPSA) is 29.5 Å². The molecule has 0 spiro atoms. The average Bonchev–Trinajstić information content (AvgIpc) is 2.46. The lowest BCUT2D eigenvalue weighted by molar-refractivity contribution is -0.128. The summed E-state index contributed by atoms with van der Waals surface area (Å²) in [6, 6.07) is 9.87. The highest BCUT2D eigenvalue weighted by molar-refractivity contribution is 5.91. The van der Waals surface area contributed by atoms with E-state index in [0.717, 1.165) is 31.5 Å². The summed E-state index contributed by atoms with van der Waals surface area (Å²) >= 11 is 0. The predicted molar refractivity (Wildman–Crippen MR) is 72.1 cm³/mol. The zero-order valence-corrected chi connectivity index (χ0v) is 10.7. The second kappa shape index (κ2) is 6.36. The monoisotopic (exact) mass is 245 g/mol. The van der Waals surface area contributed by atoms with Crippen LogP contribution in [-0.2, 0) is 9.53 Å². The Morgan fingerprint density at radius 3 is 2.56 bits per heavy atom. The van der Waals surface area contributed by atoms with E-state index in [1.54, 1.807) is 13.2 Å². The molecule has 0 N–H and O–H groups in total. The average molecular weight is 245 g/mol. The van der Waals surface area contributed by atoms with Crippen molar-refractivity contribution in [2.24, 2.45) is 0 Å². The zero-order valence-electron chi connectivity index (χ0n) is 10.7. The fraction of sp³-hybridized carbons (Fsp3) is 0.400. The van der Waals surface area contributed by atoms with Gasteiger partial charge in [-0.15, -0.1) is 0 Å². The van der Waals surface area contributed by atoms with Crippen LogP contribution in [0.5, 0.6) is 0 Å². The van der Waals surface area contributed by atoms with E-state index in [2.05, 4.69) is 0 Å². The number of piperidine rings is 1. The fourth-order valence-corrected chi connectivity index (χ4v) is 2.15. The molecule has 1 heterocycles. The number of hydrogen-bond acceptors (Lipinski definition) is 2. The van der Waals surface area contributed by atoms with Crippen LogP contribution in [0.3, 0.4) is 0 Å². The van der Waals surface area contributed by atoms with Crippen LogP contribution in [0.2, 0.25) is 0 Å². The van der Waals surface area contributed by atoms with Crippen LogP contribution in [0, 0.1) is 0 Å². The molecule has 1 amide bonds. The summed E-state index contributed by atoms with van der Waals surface area (Å²) in [7, 11) is 1.73. The zero-order chi connectivity index (χ0) is 12.8. The van der Waals surface area contributed by atoms with E-state index in [1.807, 2.05) is 41.3 Å². The fourth-order valence-electron chi connectivity index (χ4n) is 2.15. The van der Waals surface area contributed by atoms with Gasteiger partial charge in [-0.1, -0.05) is 30.3 Å². The number of amides is 1. The van der Waals surface area contributed by atoms with Crippen LogP contribution in [0.1, 0.15) is 18.4 Å². The minimum absolute atomic E-state index is 0.0911. The van der Waals surface area contributed by atoms with Crippen molar-refractivity contribution >= 4 is 12.0 Å². The molecule has 2 rings (SSSR count). The minimum atomic E-state index is 0.0911. The predicted octanol–water partition coefficient (Wildman–Crippen LogP) is 2.34. The Morgan fingerprint density at radius 1 is 1.28 bits per heavy atom. The highest BCUT2D eigenvalue weighted by Gasteiger charge is 2.20. The Kier molecular flexibility index (Phi) is 4.53. The second-order valence-electron chi connectivity index (χ2n) is 4.50. The van der Waals surface area contributed by atoms with Gasteiger partial charge in [-0.05, 0) is 24.5 Å². The van der Waals surface area contributed by atoms with Gasteiger partial charge in [0.15, 0.2) is 0 Å². The maximum atomic E-state index is 12.0. The highest BCUT2D eigenvalue weighted by atomic mass is 16.5. The Hall–Kier alpha value is -1.61. The first-order valence-electron chi connectivity index (χ1n) is 6.34. The third kappa shape index (κ3) is 3.44. The number of nitrogens with zero attached hydrogens (tertiary/aromatic N) is 1. The summed E-state index contributed by atoms with van der Waals surface area (Å²) in [5.41, 5.74) is 1.05. The molecule has 1 fully saturated rings. The number of likely N-dealkylation sites (tertiary alicyclic amines) is 1. The largest absolute Gasteiger partial charge is 0.381 e. The van der Waals surface area contributed by atoms with Crippen molar-refractivity contribution < 1.29 is 9.53 Å². The van der Waals surface area contributed by atoms with Gasteiger partial charge in [-0.25, -0.2) is 0 Å². The van der Waals surface area contributed by atoms with E-state index >= 15 is 0 Å². The summed E-state index contributed by atoms with van der Waals surface area (Å²) in [6.45, 7) is 1.58. The molecule has 18 heavy (non-hydrogen) atoms. The van der Waals surface area contributed by atoms with Crippen molar-refractivity contribution in [1.82, 2.24) is 4.90 Å². The van der Waals surface area contributed by atoms with E-state index < -0.39 is 0 Å². The summed E-state index contributed by atoms with van der Waals surface area (Å²) < 4.78 is 5.29. The van der Waals surface area contributed by atoms with Crippen molar-refractivity contribution in [2.45, 2.75) is 18.9 Å². The van der Waals surface area contributed by atoms with Gasteiger partial charge in [-0.3, -0.25) is 4.79 Å². The van der Waals surface area contributed by atoms with Crippen LogP contribution in [0.25, 0.3) is 6.08 Å². The molecule has 1 aromatic carbocycles. The quantitative estimate of drug-likeness (QED) is 0.765. The number of ether oxygens (including phenoxy) is 1. The summed E-state index contributed by atoms with van der Waals surface area (Å²) in [5, 5.41) is 0. The molecule has 1 aliphatic heterocycles. The molecule has 3 heteroatoms. The third-order valence-corrected chi connectivity index (χ3v) is 3.30. The molecule has 0 saturated carbocycles. The Bertz CT molecular complexity index is 406. The number of methoxy groups -OCH3 is 1.